The van der Waals surface area contributed by atoms with E-state index in [0.717, 1.165) is 25.6 Å². The fourth-order valence-corrected chi connectivity index (χ4v) is 2.26. The number of hydrogen-bond donors (Lipinski definition) is 1. The van der Waals surface area contributed by atoms with Crippen LogP contribution in [0, 0.1) is 0 Å². The Morgan fingerprint density at radius 2 is 2.14 bits per heavy atom. The predicted octanol–water partition coefficient (Wildman–Crippen LogP) is 0.239. The summed E-state index contributed by atoms with van der Waals surface area (Å²) < 4.78 is 0. The van der Waals surface area contributed by atoms with Gasteiger partial charge in [-0.15, -0.1) is 0 Å². The Balaban J connectivity index is 1.78. The highest BCUT2D eigenvalue weighted by Gasteiger charge is 2.34. The largest absolute Gasteiger partial charge is 0.480 e. The number of likely N-dealkylation sites (tertiary alicyclic amines) is 1. The van der Waals surface area contributed by atoms with Gasteiger partial charge in [-0.25, -0.2) is 0 Å². The number of hydrogen-bond acceptors (Lipinski definition) is 3. The lowest BCUT2D eigenvalue weighted by molar-refractivity contribution is -0.138. The molecule has 1 atom stereocenters. The highest BCUT2D eigenvalue weighted by Crippen LogP contribution is 2.29. The summed E-state index contributed by atoms with van der Waals surface area (Å²) in [5.74, 6) is -0.709. The van der Waals surface area contributed by atoms with Gasteiger partial charge in [0.05, 0.1) is 6.54 Å². The van der Waals surface area contributed by atoms with Gasteiger partial charge < -0.3 is 5.11 Å². The van der Waals surface area contributed by atoms with Gasteiger partial charge >= 0.3 is 5.97 Å². The van der Waals surface area contributed by atoms with E-state index in [1.54, 1.807) is 0 Å². The average Bonchev–Trinajstić information content (AvgIpc) is 2.86. The molecule has 1 unspecified atom stereocenters. The summed E-state index contributed by atoms with van der Waals surface area (Å²) in [5, 5.41) is 8.67. The van der Waals surface area contributed by atoms with Gasteiger partial charge in [0.25, 0.3) is 0 Å². The molecular weight excluding hydrogens is 180 g/mol. The van der Waals surface area contributed by atoms with E-state index in [4.69, 9.17) is 5.11 Å². The summed E-state index contributed by atoms with van der Waals surface area (Å²) >= 11 is 0. The lowest BCUT2D eigenvalue weighted by Crippen LogP contribution is -2.37. The summed E-state index contributed by atoms with van der Waals surface area (Å²) in [6.07, 6.45) is 3.78. The minimum atomic E-state index is -0.709. The molecule has 14 heavy (non-hydrogen) atoms. The molecule has 1 aliphatic carbocycles. The van der Waals surface area contributed by atoms with E-state index < -0.39 is 5.97 Å². The van der Waals surface area contributed by atoms with Crippen molar-refractivity contribution in [1.29, 1.82) is 0 Å². The van der Waals surface area contributed by atoms with Crippen LogP contribution in [0.2, 0.25) is 0 Å². The number of rotatable bonds is 4. The molecule has 0 amide bonds. The molecule has 1 saturated carbocycles. The van der Waals surface area contributed by atoms with Gasteiger partial charge in [0, 0.05) is 25.2 Å². The van der Waals surface area contributed by atoms with Gasteiger partial charge in [-0.3, -0.25) is 14.6 Å². The van der Waals surface area contributed by atoms with Crippen molar-refractivity contribution in [3.63, 3.8) is 0 Å². The zero-order valence-electron chi connectivity index (χ0n) is 8.65. The van der Waals surface area contributed by atoms with Crippen molar-refractivity contribution >= 4 is 5.97 Å². The Hall–Kier alpha value is -0.610. The van der Waals surface area contributed by atoms with Crippen LogP contribution in [0.1, 0.15) is 19.3 Å². The summed E-state index contributed by atoms with van der Waals surface area (Å²) in [4.78, 5) is 15.0. The molecule has 0 bridgehead atoms. The van der Waals surface area contributed by atoms with E-state index in [0.29, 0.717) is 6.04 Å². The maximum Gasteiger partial charge on any atom is 0.317 e. The van der Waals surface area contributed by atoms with Crippen molar-refractivity contribution in [2.75, 3.05) is 26.7 Å². The lowest BCUT2D eigenvalue weighted by Gasteiger charge is -2.23. The van der Waals surface area contributed by atoms with Gasteiger partial charge in [-0.05, 0) is 26.3 Å². The van der Waals surface area contributed by atoms with E-state index in [1.165, 1.54) is 12.8 Å². The number of aliphatic carboxylic acids is 1. The molecule has 1 aliphatic heterocycles. The minimum Gasteiger partial charge on any atom is -0.480 e. The van der Waals surface area contributed by atoms with Gasteiger partial charge in [0.1, 0.15) is 0 Å². The number of likely N-dealkylation sites (N-methyl/N-ethyl adjacent to an activating group) is 1. The minimum absolute atomic E-state index is 0.203. The first-order valence-electron chi connectivity index (χ1n) is 5.33. The van der Waals surface area contributed by atoms with Gasteiger partial charge in [-0.1, -0.05) is 0 Å². The molecule has 4 heteroatoms. The van der Waals surface area contributed by atoms with Crippen molar-refractivity contribution in [3.05, 3.63) is 0 Å². The molecule has 0 aromatic rings. The number of carboxylic acids is 1. The molecule has 0 spiro atoms. The molecule has 1 heterocycles. The number of carbonyl (C=O) groups is 1. The van der Waals surface area contributed by atoms with Crippen LogP contribution >= 0.6 is 0 Å². The number of carboxylic acid groups (broad SMARTS) is 1. The first-order valence-corrected chi connectivity index (χ1v) is 5.33. The zero-order valence-corrected chi connectivity index (χ0v) is 8.65. The van der Waals surface area contributed by atoms with Crippen LogP contribution < -0.4 is 0 Å². The van der Waals surface area contributed by atoms with E-state index in [1.807, 2.05) is 4.90 Å². The third-order valence-electron chi connectivity index (χ3n) is 3.31. The second-order valence-electron chi connectivity index (χ2n) is 4.47. The van der Waals surface area contributed by atoms with Gasteiger partial charge in [0.15, 0.2) is 0 Å². The van der Waals surface area contributed by atoms with Crippen LogP contribution in [0.15, 0.2) is 0 Å². The molecule has 80 valence electrons. The maximum absolute atomic E-state index is 10.5. The Bertz CT molecular complexity index is 228. The molecule has 0 aromatic carbocycles. The summed E-state index contributed by atoms with van der Waals surface area (Å²) in [6, 6.07) is 1.37. The lowest BCUT2D eigenvalue weighted by atomic mass is 10.2. The quantitative estimate of drug-likeness (QED) is 0.702. The topological polar surface area (TPSA) is 43.8 Å². The zero-order chi connectivity index (χ0) is 10.1. The average molecular weight is 198 g/mol. The Kier molecular flexibility index (Phi) is 2.74. The number of nitrogens with zero attached hydrogens (tertiary/aromatic N) is 2. The molecule has 2 aliphatic rings. The summed E-state index contributed by atoms with van der Waals surface area (Å²) in [6.45, 7) is 2.07. The van der Waals surface area contributed by atoms with E-state index >= 15 is 0 Å². The molecule has 4 nitrogen and oxygen atoms in total. The van der Waals surface area contributed by atoms with Gasteiger partial charge in [-0.2, -0.15) is 0 Å². The Morgan fingerprint density at radius 1 is 1.43 bits per heavy atom. The first-order chi connectivity index (χ1) is 6.66. The molecule has 1 N–H and O–H groups in total. The molecule has 2 fully saturated rings. The van der Waals surface area contributed by atoms with E-state index in [-0.39, 0.29) is 6.54 Å². The molecule has 1 saturated heterocycles. The SMILES string of the molecule is CN(C1CC1)C1CCN(CC(=O)O)C1. The highest BCUT2D eigenvalue weighted by molar-refractivity contribution is 5.69. The smallest absolute Gasteiger partial charge is 0.317 e. The Labute approximate surface area is 84.5 Å². The van der Waals surface area contributed by atoms with Crippen LogP contribution in [0.4, 0.5) is 0 Å². The molecule has 0 radical (unpaired) electrons. The van der Waals surface area contributed by atoms with Crippen LogP contribution in [0.5, 0.6) is 0 Å². The van der Waals surface area contributed by atoms with Crippen LogP contribution in [-0.4, -0.2) is 59.6 Å². The van der Waals surface area contributed by atoms with Crippen molar-refractivity contribution in [2.24, 2.45) is 0 Å². The second-order valence-corrected chi connectivity index (χ2v) is 4.47. The third-order valence-corrected chi connectivity index (χ3v) is 3.31. The monoisotopic (exact) mass is 198 g/mol. The predicted molar refractivity (Wildman–Crippen MR) is 53.3 cm³/mol. The summed E-state index contributed by atoms with van der Waals surface area (Å²) in [7, 11) is 2.17. The fraction of sp³-hybridized carbons (Fsp3) is 0.900. The van der Waals surface area contributed by atoms with E-state index in [2.05, 4.69) is 11.9 Å². The van der Waals surface area contributed by atoms with Crippen LogP contribution in [-0.2, 0) is 4.79 Å². The highest BCUT2D eigenvalue weighted by atomic mass is 16.4. The standard InChI is InChI=1S/C10H18N2O2/c1-11(8-2-3-8)9-4-5-12(6-9)7-10(13)14/h8-9H,2-7H2,1H3,(H,13,14). The van der Waals surface area contributed by atoms with Crippen LogP contribution in [0.25, 0.3) is 0 Å². The second kappa shape index (κ2) is 3.87. The molecule has 0 aromatic heterocycles. The first kappa shape index (κ1) is 9.93. The normalized spacial score (nSPS) is 28.6. The fourth-order valence-electron chi connectivity index (χ4n) is 2.26. The van der Waals surface area contributed by atoms with Crippen molar-refractivity contribution in [1.82, 2.24) is 9.80 Å². The van der Waals surface area contributed by atoms with Crippen molar-refractivity contribution in [2.45, 2.75) is 31.3 Å². The van der Waals surface area contributed by atoms with Crippen LogP contribution in [0.3, 0.4) is 0 Å². The molecular formula is C10H18N2O2. The van der Waals surface area contributed by atoms with Gasteiger partial charge in [0.2, 0.25) is 0 Å². The summed E-state index contributed by atoms with van der Waals surface area (Å²) in [5.41, 5.74) is 0. The Morgan fingerprint density at radius 3 is 2.71 bits per heavy atom. The molecule has 2 rings (SSSR count). The third kappa shape index (κ3) is 2.25. The maximum atomic E-state index is 10.5. The van der Waals surface area contributed by atoms with Crippen molar-refractivity contribution < 1.29 is 9.90 Å². The van der Waals surface area contributed by atoms with Crippen molar-refractivity contribution in [3.8, 4) is 0 Å². The van der Waals surface area contributed by atoms with E-state index in [9.17, 15) is 4.79 Å².